The van der Waals surface area contributed by atoms with E-state index in [0.717, 1.165) is 19.3 Å². The summed E-state index contributed by atoms with van der Waals surface area (Å²) in [6, 6.07) is 13.4. The van der Waals surface area contributed by atoms with Gasteiger partial charge in [-0.3, -0.25) is 14.5 Å². The standard InChI is InChI=1S/C25H30ClN3O3S/c1-3-4-5-6-7-16-28-22(17-23(30)27-19-10-8-18(26)9-11-19)24(31)29(25(28)33)20-12-14-21(32-2)15-13-20/h8-15,22H,3-7,16-17H2,1-2H3,(H,27,30). The van der Waals surface area contributed by atoms with Gasteiger partial charge in [-0.05, 0) is 67.2 Å². The van der Waals surface area contributed by atoms with Crippen molar-refractivity contribution in [1.29, 1.82) is 0 Å². The van der Waals surface area contributed by atoms with E-state index in [1.807, 2.05) is 4.90 Å². The first-order valence-electron chi connectivity index (χ1n) is 11.3. The average molecular weight is 488 g/mol. The molecule has 1 atom stereocenters. The fourth-order valence-corrected chi connectivity index (χ4v) is 4.40. The Balaban J connectivity index is 1.75. The Morgan fingerprint density at radius 1 is 1.06 bits per heavy atom. The third kappa shape index (κ3) is 6.45. The van der Waals surface area contributed by atoms with Crippen LogP contribution in [-0.4, -0.2) is 41.5 Å². The normalized spacial score (nSPS) is 15.8. The van der Waals surface area contributed by atoms with Gasteiger partial charge in [0.05, 0.1) is 19.2 Å². The molecule has 3 rings (SSSR count). The van der Waals surface area contributed by atoms with E-state index in [1.165, 1.54) is 17.7 Å². The van der Waals surface area contributed by atoms with E-state index in [9.17, 15) is 9.59 Å². The molecule has 33 heavy (non-hydrogen) atoms. The second kappa shape index (κ2) is 12.0. The topological polar surface area (TPSA) is 61.9 Å². The fourth-order valence-electron chi connectivity index (χ4n) is 3.86. The molecule has 2 aromatic rings. The van der Waals surface area contributed by atoms with Crippen LogP contribution in [0.4, 0.5) is 11.4 Å². The molecule has 1 fully saturated rings. The molecule has 0 spiro atoms. The number of anilines is 2. The van der Waals surface area contributed by atoms with Crippen LogP contribution in [0.2, 0.25) is 5.02 Å². The summed E-state index contributed by atoms with van der Waals surface area (Å²) in [7, 11) is 1.59. The van der Waals surface area contributed by atoms with Gasteiger partial charge in [0, 0.05) is 17.3 Å². The van der Waals surface area contributed by atoms with Crippen LogP contribution in [0, 0.1) is 0 Å². The monoisotopic (exact) mass is 487 g/mol. The van der Waals surface area contributed by atoms with E-state index < -0.39 is 6.04 Å². The van der Waals surface area contributed by atoms with Crippen molar-refractivity contribution in [2.45, 2.75) is 51.5 Å². The largest absolute Gasteiger partial charge is 0.497 e. The van der Waals surface area contributed by atoms with Crippen molar-refractivity contribution in [2.24, 2.45) is 0 Å². The van der Waals surface area contributed by atoms with Crippen LogP contribution < -0.4 is 15.0 Å². The molecule has 0 bridgehead atoms. The highest BCUT2D eigenvalue weighted by Gasteiger charge is 2.43. The van der Waals surface area contributed by atoms with Crippen LogP contribution in [0.1, 0.15) is 45.4 Å². The third-order valence-electron chi connectivity index (χ3n) is 5.66. The minimum atomic E-state index is -0.641. The number of carbonyl (C=O) groups excluding carboxylic acids is 2. The Kier molecular flexibility index (Phi) is 9.09. The van der Waals surface area contributed by atoms with Crippen molar-refractivity contribution < 1.29 is 14.3 Å². The van der Waals surface area contributed by atoms with Crippen LogP contribution in [0.25, 0.3) is 0 Å². The quantitative estimate of drug-likeness (QED) is 0.328. The lowest BCUT2D eigenvalue weighted by atomic mass is 10.1. The molecule has 2 amide bonds. The van der Waals surface area contributed by atoms with Gasteiger partial charge < -0.3 is 15.0 Å². The summed E-state index contributed by atoms with van der Waals surface area (Å²) in [6.07, 6.45) is 5.50. The van der Waals surface area contributed by atoms with E-state index in [0.29, 0.717) is 33.8 Å². The highest BCUT2D eigenvalue weighted by atomic mass is 35.5. The zero-order valence-corrected chi connectivity index (χ0v) is 20.6. The zero-order valence-electron chi connectivity index (χ0n) is 19.1. The van der Waals surface area contributed by atoms with Crippen LogP contribution in [0.3, 0.4) is 0 Å². The number of methoxy groups -OCH3 is 1. The van der Waals surface area contributed by atoms with Crippen molar-refractivity contribution in [1.82, 2.24) is 4.90 Å². The number of rotatable bonds is 11. The summed E-state index contributed by atoms with van der Waals surface area (Å²) in [5.41, 5.74) is 1.30. The Morgan fingerprint density at radius 3 is 2.36 bits per heavy atom. The summed E-state index contributed by atoms with van der Waals surface area (Å²) in [5, 5.41) is 3.88. The number of halogens is 1. The molecule has 0 aliphatic carbocycles. The summed E-state index contributed by atoms with van der Waals surface area (Å²) in [5.74, 6) is 0.263. The van der Waals surface area contributed by atoms with Crippen molar-refractivity contribution in [3.8, 4) is 5.75 Å². The SMILES string of the molecule is CCCCCCCN1C(=S)N(c2ccc(OC)cc2)C(=O)C1CC(=O)Nc1ccc(Cl)cc1. The molecule has 1 heterocycles. The van der Waals surface area contributed by atoms with E-state index in [4.69, 9.17) is 28.6 Å². The van der Waals surface area contributed by atoms with Crippen LogP contribution >= 0.6 is 23.8 Å². The maximum Gasteiger partial charge on any atom is 0.256 e. The number of hydrogen-bond acceptors (Lipinski definition) is 4. The average Bonchev–Trinajstić information content (AvgIpc) is 3.04. The first kappa shape index (κ1) is 25.0. The van der Waals surface area contributed by atoms with Gasteiger partial charge in [0.25, 0.3) is 5.91 Å². The van der Waals surface area contributed by atoms with E-state index in [2.05, 4.69) is 12.2 Å². The lowest BCUT2D eigenvalue weighted by Crippen LogP contribution is -2.38. The molecule has 6 nitrogen and oxygen atoms in total. The van der Waals surface area contributed by atoms with Gasteiger partial charge in [-0.15, -0.1) is 0 Å². The lowest BCUT2D eigenvalue weighted by Gasteiger charge is -2.24. The lowest BCUT2D eigenvalue weighted by molar-refractivity contribution is -0.124. The molecular formula is C25H30ClN3O3S. The molecule has 0 aromatic heterocycles. The highest BCUT2D eigenvalue weighted by Crippen LogP contribution is 2.29. The van der Waals surface area contributed by atoms with E-state index in [1.54, 1.807) is 55.6 Å². The number of carbonyl (C=O) groups is 2. The summed E-state index contributed by atoms with van der Waals surface area (Å²) >= 11 is 11.6. The van der Waals surface area contributed by atoms with Crippen molar-refractivity contribution >= 4 is 52.1 Å². The minimum absolute atomic E-state index is 0.0171. The number of unbranched alkanes of at least 4 members (excludes halogenated alkanes) is 4. The zero-order chi connectivity index (χ0) is 23.8. The Hall–Kier alpha value is -2.64. The molecule has 176 valence electrons. The van der Waals surface area contributed by atoms with Gasteiger partial charge in [-0.2, -0.15) is 0 Å². The summed E-state index contributed by atoms with van der Waals surface area (Å²) in [6.45, 7) is 2.82. The van der Waals surface area contributed by atoms with Gasteiger partial charge in [0.2, 0.25) is 5.91 Å². The second-order valence-electron chi connectivity index (χ2n) is 8.04. The van der Waals surface area contributed by atoms with Crippen molar-refractivity contribution in [2.75, 3.05) is 23.9 Å². The number of nitrogens with one attached hydrogen (secondary N) is 1. The number of benzene rings is 2. The molecule has 1 aliphatic heterocycles. The number of hydrogen-bond donors (Lipinski definition) is 1. The minimum Gasteiger partial charge on any atom is -0.497 e. The molecule has 1 unspecified atom stereocenters. The van der Waals surface area contributed by atoms with Crippen molar-refractivity contribution in [3.63, 3.8) is 0 Å². The smallest absolute Gasteiger partial charge is 0.256 e. The summed E-state index contributed by atoms with van der Waals surface area (Å²) in [4.78, 5) is 29.6. The van der Waals surface area contributed by atoms with Crippen molar-refractivity contribution in [3.05, 3.63) is 53.6 Å². The Morgan fingerprint density at radius 2 is 1.73 bits per heavy atom. The van der Waals surface area contributed by atoms with Crippen LogP contribution in [0.15, 0.2) is 48.5 Å². The van der Waals surface area contributed by atoms with Gasteiger partial charge >= 0.3 is 0 Å². The summed E-state index contributed by atoms with van der Waals surface area (Å²) < 4.78 is 5.22. The molecule has 0 saturated carbocycles. The first-order valence-corrected chi connectivity index (χ1v) is 12.1. The number of ether oxygens (including phenoxy) is 1. The van der Waals surface area contributed by atoms with Gasteiger partial charge in [-0.25, -0.2) is 0 Å². The Labute approximate surface area is 205 Å². The van der Waals surface area contributed by atoms with Gasteiger partial charge in [0.1, 0.15) is 11.8 Å². The predicted molar refractivity (Wildman–Crippen MR) is 137 cm³/mol. The highest BCUT2D eigenvalue weighted by molar-refractivity contribution is 7.80. The van der Waals surface area contributed by atoms with E-state index in [-0.39, 0.29) is 18.2 Å². The molecule has 8 heteroatoms. The molecule has 0 radical (unpaired) electrons. The number of amides is 2. The number of nitrogens with zero attached hydrogens (tertiary/aromatic N) is 2. The van der Waals surface area contributed by atoms with E-state index >= 15 is 0 Å². The second-order valence-corrected chi connectivity index (χ2v) is 8.84. The molecule has 1 aliphatic rings. The molecule has 1 saturated heterocycles. The first-order chi connectivity index (χ1) is 15.9. The third-order valence-corrected chi connectivity index (χ3v) is 6.33. The maximum atomic E-state index is 13.4. The molecule has 1 N–H and O–H groups in total. The molecule has 2 aromatic carbocycles. The number of thiocarbonyl (C=S) groups is 1. The predicted octanol–water partition coefficient (Wildman–Crippen LogP) is 5.65. The molecular weight excluding hydrogens is 458 g/mol. The Bertz CT molecular complexity index is 966. The van der Waals surface area contributed by atoms with Crippen LogP contribution in [-0.2, 0) is 9.59 Å². The van der Waals surface area contributed by atoms with Gasteiger partial charge in [-0.1, -0.05) is 44.2 Å². The maximum absolute atomic E-state index is 13.4. The van der Waals surface area contributed by atoms with Crippen LogP contribution in [0.5, 0.6) is 5.75 Å². The van der Waals surface area contributed by atoms with Gasteiger partial charge in [0.15, 0.2) is 5.11 Å². The fraction of sp³-hybridized carbons (Fsp3) is 0.400.